The first-order chi connectivity index (χ1) is 10.3. The van der Waals surface area contributed by atoms with Crippen molar-refractivity contribution in [1.82, 2.24) is 5.32 Å². The Morgan fingerprint density at radius 3 is 2.29 bits per heavy atom. The van der Waals surface area contributed by atoms with Crippen molar-refractivity contribution in [1.29, 1.82) is 0 Å². The fraction of sp³-hybridized carbons (Fsp3) is 0.368. The lowest BCUT2D eigenvalue weighted by Crippen LogP contribution is -2.29. The van der Waals surface area contributed by atoms with Crippen molar-refractivity contribution in [2.24, 2.45) is 0 Å². The number of nitrogens with one attached hydrogen (secondary N) is 1. The first kappa shape index (κ1) is 15.6. The van der Waals surface area contributed by atoms with Crippen LogP contribution in [0.3, 0.4) is 0 Å². The van der Waals surface area contributed by atoms with Gasteiger partial charge in [0.2, 0.25) is 0 Å². The summed E-state index contributed by atoms with van der Waals surface area (Å²) in [6.07, 6.45) is 2.31. The van der Waals surface area contributed by atoms with Crippen LogP contribution in [0, 0.1) is 0 Å². The van der Waals surface area contributed by atoms with Gasteiger partial charge in [-0.3, -0.25) is 0 Å². The Bertz CT molecular complexity index is 507. The first-order valence-electron chi connectivity index (χ1n) is 7.78. The average Bonchev–Trinajstić information content (AvgIpc) is 2.51. The molecule has 0 spiro atoms. The lowest BCUT2D eigenvalue weighted by atomic mass is 10.1. The fourth-order valence-electron chi connectivity index (χ4n) is 2.27. The van der Waals surface area contributed by atoms with Crippen molar-refractivity contribution >= 4 is 0 Å². The van der Waals surface area contributed by atoms with Crippen LogP contribution in [0.5, 0.6) is 5.75 Å². The monoisotopic (exact) mass is 283 g/mol. The third kappa shape index (κ3) is 5.60. The molecule has 0 bridgehead atoms. The van der Waals surface area contributed by atoms with Crippen LogP contribution in [0.2, 0.25) is 0 Å². The Kier molecular flexibility index (Phi) is 6.29. The van der Waals surface area contributed by atoms with Gasteiger partial charge in [-0.05, 0) is 49.6 Å². The third-order valence-electron chi connectivity index (χ3n) is 3.37. The number of rotatable bonds is 8. The van der Waals surface area contributed by atoms with Gasteiger partial charge in [0, 0.05) is 6.54 Å². The maximum Gasteiger partial charge on any atom is 0.119 e. The maximum atomic E-state index is 5.90. The lowest BCUT2D eigenvalue weighted by molar-refractivity contribution is 0.217. The summed E-state index contributed by atoms with van der Waals surface area (Å²) >= 11 is 0. The van der Waals surface area contributed by atoms with Gasteiger partial charge < -0.3 is 10.1 Å². The molecule has 2 aromatic rings. The summed E-state index contributed by atoms with van der Waals surface area (Å²) in [5.74, 6) is 0.942. The average molecular weight is 283 g/mol. The molecular formula is C19H25NO. The van der Waals surface area contributed by atoms with Crippen molar-refractivity contribution < 1.29 is 4.74 Å². The minimum absolute atomic E-state index is 0.191. The Hall–Kier alpha value is -1.80. The molecule has 0 fully saturated rings. The van der Waals surface area contributed by atoms with Gasteiger partial charge >= 0.3 is 0 Å². The van der Waals surface area contributed by atoms with Gasteiger partial charge in [0.1, 0.15) is 11.9 Å². The SMILES string of the molecule is CCCNCC(C)Oc1ccc(Cc2ccccc2)cc1. The van der Waals surface area contributed by atoms with Gasteiger partial charge in [-0.15, -0.1) is 0 Å². The van der Waals surface area contributed by atoms with E-state index in [0.29, 0.717) is 0 Å². The predicted molar refractivity (Wildman–Crippen MR) is 88.9 cm³/mol. The van der Waals surface area contributed by atoms with Gasteiger partial charge in [-0.25, -0.2) is 0 Å². The second-order valence-corrected chi connectivity index (χ2v) is 5.44. The molecule has 0 saturated heterocycles. The van der Waals surface area contributed by atoms with Crippen LogP contribution in [-0.2, 0) is 6.42 Å². The summed E-state index contributed by atoms with van der Waals surface area (Å²) in [6.45, 7) is 6.20. The number of ether oxygens (including phenoxy) is 1. The van der Waals surface area contributed by atoms with E-state index in [2.05, 4.69) is 73.8 Å². The van der Waals surface area contributed by atoms with Crippen molar-refractivity contribution in [3.63, 3.8) is 0 Å². The normalized spacial score (nSPS) is 12.1. The van der Waals surface area contributed by atoms with E-state index in [1.54, 1.807) is 0 Å². The quantitative estimate of drug-likeness (QED) is 0.738. The van der Waals surface area contributed by atoms with Crippen LogP contribution in [0.15, 0.2) is 54.6 Å². The highest BCUT2D eigenvalue weighted by atomic mass is 16.5. The Labute approximate surface area is 128 Å². The summed E-state index contributed by atoms with van der Waals surface area (Å²) in [4.78, 5) is 0. The zero-order valence-corrected chi connectivity index (χ0v) is 13.0. The molecule has 0 heterocycles. The van der Waals surface area contributed by atoms with E-state index in [1.807, 2.05) is 0 Å². The number of hydrogen-bond acceptors (Lipinski definition) is 2. The molecule has 112 valence electrons. The predicted octanol–water partition coefficient (Wildman–Crippen LogP) is 4.04. The third-order valence-corrected chi connectivity index (χ3v) is 3.37. The molecule has 0 aliphatic carbocycles. The molecule has 1 N–H and O–H groups in total. The minimum Gasteiger partial charge on any atom is -0.489 e. The van der Waals surface area contributed by atoms with Crippen LogP contribution in [0.4, 0.5) is 0 Å². The van der Waals surface area contributed by atoms with Crippen LogP contribution in [0.25, 0.3) is 0 Å². The highest BCUT2D eigenvalue weighted by molar-refractivity contribution is 5.31. The Morgan fingerprint density at radius 2 is 1.62 bits per heavy atom. The summed E-state index contributed by atoms with van der Waals surface area (Å²) < 4.78 is 5.90. The molecule has 0 aliphatic rings. The molecule has 2 heteroatoms. The van der Waals surface area contributed by atoms with Crippen LogP contribution >= 0.6 is 0 Å². The highest BCUT2D eigenvalue weighted by Gasteiger charge is 2.03. The Morgan fingerprint density at radius 1 is 0.952 bits per heavy atom. The van der Waals surface area contributed by atoms with E-state index >= 15 is 0 Å². The molecule has 21 heavy (non-hydrogen) atoms. The zero-order valence-electron chi connectivity index (χ0n) is 13.0. The molecule has 0 saturated carbocycles. The fourth-order valence-corrected chi connectivity index (χ4v) is 2.27. The Balaban J connectivity index is 1.84. The largest absolute Gasteiger partial charge is 0.489 e. The molecule has 0 radical (unpaired) electrons. The molecule has 1 atom stereocenters. The molecule has 2 rings (SSSR count). The van der Waals surface area contributed by atoms with Crippen molar-refractivity contribution in [3.8, 4) is 5.75 Å². The van der Waals surface area contributed by atoms with Gasteiger partial charge in [-0.1, -0.05) is 49.4 Å². The smallest absolute Gasteiger partial charge is 0.119 e. The second-order valence-electron chi connectivity index (χ2n) is 5.44. The van der Waals surface area contributed by atoms with E-state index in [0.717, 1.165) is 31.7 Å². The molecule has 2 aromatic carbocycles. The van der Waals surface area contributed by atoms with Crippen molar-refractivity contribution in [3.05, 3.63) is 65.7 Å². The van der Waals surface area contributed by atoms with E-state index < -0.39 is 0 Å². The number of benzene rings is 2. The van der Waals surface area contributed by atoms with Gasteiger partial charge in [0.05, 0.1) is 0 Å². The standard InChI is InChI=1S/C19H25NO/c1-3-13-20-15-16(2)21-19-11-9-18(10-12-19)14-17-7-5-4-6-8-17/h4-12,16,20H,3,13-15H2,1-2H3. The highest BCUT2D eigenvalue weighted by Crippen LogP contribution is 2.16. The second kappa shape index (κ2) is 8.48. The maximum absolute atomic E-state index is 5.90. The van der Waals surface area contributed by atoms with Crippen LogP contribution < -0.4 is 10.1 Å². The van der Waals surface area contributed by atoms with E-state index in [9.17, 15) is 0 Å². The lowest BCUT2D eigenvalue weighted by Gasteiger charge is -2.15. The molecule has 2 nitrogen and oxygen atoms in total. The zero-order chi connectivity index (χ0) is 14.9. The minimum atomic E-state index is 0.191. The van der Waals surface area contributed by atoms with E-state index in [-0.39, 0.29) is 6.10 Å². The van der Waals surface area contributed by atoms with Crippen LogP contribution in [0.1, 0.15) is 31.4 Å². The molecule has 0 aliphatic heterocycles. The molecule has 0 aromatic heterocycles. The van der Waals surface area contributed by atoms with Gasteiger partial charge in [0.25, 0.3) is 0 Å². The summed E-state index contributed by atoms with van der Waals surface area (Å²) in [5, 5.41) is 3.37. The number of hydrogen-bond donors (Lipinski definition) is 1. The summed E-state index contributed by atoms with van der Waals surface area (Å²) in [7, 11) is 0. The van der Waals surface area contributed by atoms with E-state index in [4.69, 9.17) is 4.74 Å². The molecular weight excluding hydrogens is 258 g/mol. The molecule has 0 amide bonds. The van der Waals surface area contributed by atoms with E-state index in [1.165, 1.54) is 11.1 Å². The first-order valence-corrected chi connectivity index (χ1v) is 7.78. The van der Waals surface area contributed by atoms with Crippen molar-refractivity contribution in [2.45, 2.75) is 32.8 Å². The summed E-state index contributed by atoms with van der Waals surface area (Å²) in [5.41, 5.74) is 2.65. The topological polar surface area (TPSA) is 21.3 Å². The van der Waals surface area contributed by atoms with Gasteiger partial charge in [-0.2, -0.15) is 0 Å². The summed E-state index contributed by atoms with van der Waals surface area (Å²) in [6, 6.07) is 19.0. The van der Waals surface area contributed by atoms with Crippen LogP contribution in [-0.4, -0.2) is 19.2 Å². The van der Waals surface area contributed by atoms with Gasteiger partial charge in [0.15, 0.2) is 0 Å². The van der Waals surface area contributed by atoms with Crippen molar-refractivity contribution in [2.75, 3.05) is 13.1 Å². The molecule has 1 unspecified atom stereocenters.